The van der Waals surface area contributed by atoms with Crippen LogP contribution in [0.4, 0.5) is 13.2 Å². The van der Waals surface area contributed by atoms with Crippen LogP contribution in [0.25, 0.3) is 16.6 Å². The molecule has 0 spiro atoms. The van der Waals surface area contributed by atoms with Gasteiger partial charge < -0.3 is 14.6 Å². The average molecular weight is 454 g/mol. The molecule has 1 aromatic carbocycles. The Labute approximate surface area is 187 Å². The molecule has 0 radical (unpaired) electrons. The zero-order valence-electron chi connectivity index (χ0n) is 17.8. The van der Waals surface area contributed by atoms with E-state index in [4.69, 9.17) is 4.74 Å². The second kappa shape index (κ2) is 8.08. The first-order valence-corrected chi connectivity index (χ1v) is 10.5. The van der Waals surface area contributed by atoms with Gasteiger partial charge in [0.1, 0.15) is 18.1 Å². The number of aryl methyl sites for hydroxylation is 1. The fourth-order valence-electron chi connectivity index (χ4n) is 4.24. The van der Waals surface area contributed by atoms with Crippen LogP contribution < -0.4 is 15.6 Å². The second-order valence-electron chi connectivity index (χ2n) is 8.02. The minimum Gasteiger partial charge on any atom is -0.489 e. The summed E-state index contributed by atoms with van der Waals surface area (Å²) in [5.74, 6) is 0.331. The van der Waals surface area contributed by atoms with Crippen LogP contribution in [0.15, 0.2) is 59.7 Å². The zero-order chi connectivity index (χ0) is 23.2. The van der Waals surface area contributed by atoms with Gasteiger partial charge >= 0.3 is 6.18 Å². The van der Waals surface area contributed by atoms with Crippen LogP contribution in [0.2, 0.25) is 0 Å². The van der Waals surface area contributed by atoms with E-state index >= 15 is 0 Å². The molecule has 4 heterocycles. The molecule has 1 aliphatic heterocycles. The Hall–Kier alpha value is -3.59. The van der Waals surface area contributed by atoms with Crippen LogP contribution in [0, 0.1) is 0 Å². The lowest BCUT2D eigenvalue weighted by molar-refractivity contribution is -0.141. The SMILES string of the molecule is Cn1c2c(c3ccc(-n4ccc(OCc5ccc(C(F)(F)F)nc5)cc4=O)cc31)CCNC2. The van der Waals surface area contributed by atoms with Crippen molar-refractivity contribution in [3.8, 4) is 11.4 Å². The highest BCUT2D eigenvalue weighted by molar-refractivity contribution is 5.87. The molecule has 0 saturated carbocycles. The smallest absolute Gasteiger partial charge is 0.433 e. The van der Waals surface area contributed by atoms with E-state index in [2.05, 4.69) is 20.9 Å². The summed E-state index contributed by atoms with van der Waals surface area (Å²) in [7, 11) is 2.04. The van der Waals surface area contributed by atoms with Gasteiger partial charge in [0, 0.05) is 48.7 Å². The molecule has 4 aromatic rings. The summed E-state index contributed by atoms with van der Waals surface area (Å²) in [5.41, 5.74) is 3.69. The Kier molecular flexibility index (Phi) is 5.20. The second-order valence-corrected chi connectivity index (χ2v) is 8.02. The summed E-state index contributed by atoms with van der Waals surface area (Å²) >= 11 is 0. The zero-order valence-corrected chi connectivity index (χ0v) is 17.8. The summed E-state index contributed by atoms with van der Waals surface area (Å²) < 4.78 is 47.2. The van der Waals surface area contributed by atoms with Crippen molar-refractivity contribution < 1.29 is 17.9 Å². The fraction of sp³-hybridized carbons (Fsp3) is 0.250. The minimum atomic E-state index is -4.48. The van der Waals surface area contributed by atoms with Gasteiger partial charge in [-0.15, -0.1) is 0 Å². The van der Waals surface area contributed by atoms with Crippen molar-refractivity contribution in [3.05, 3.63) is 87.7 Å². The third-order valence-electron chi connectivity index (χ3n) is 5.96. The maximum atomic E-state index is 12.8. The van der Waals surface area contributed by atoms with Gasteiger partial charge in [0.25, 0.3) is 5.56 Å². The van der Waals surface area contributed by atoms with Gasteiger partial charge in [-0.3, -0.25) is 14.3 Å². The number of benzene rings is 1. The van der Waals surface area contributed by atoms with Crippen LogP contribution >= 0.6 is 0 Å². The summed E-state index contributed by atoms with van der Waals surface area (Å²) in [6, 6.07) is 11.2. The van der Waals surface area contributed by atoms with Gasteiger partial charge in [0.15, 0.2) is 0 Å². The van der Waals surface area contributed by atoms with E-state index in [1.165, 1.54) is 33.3 Å². The van der Waals surface area contributed by atoms with Crippen molar-refractivity contribution in [1.82, 2.24) is 19.4 Å². The monoisotopic (exact) mass is 454 g/mol. The number of hydrogen-bond donors (Lipinski definition) is 1. The quantitative estimate of drug-likeness (QED) is 0.507. The lowest BCUT2D eigenvalue weighted by Crippen LogP contribution is -2.24. The van der Waals surface area contributed by atoms with E-state index in [-0.39, 0.29) is 12.2 Å². The molecule has 1 aliphatic rings. The van der Waals surface area contributed by atoms with E-state index in [0.29, 0.717) is 11.3 Å². The Balaban J connectivity index is 1.36. The Morgan fingerprint density at radius 2 is 2.00 bits per heavy atom. The summed E-state index contributed by atoms with van der Waals surface area (Å²) in [6.45, 7) is 1.79. The number of nitrogens with one attached hydrogen (secondary N) is 1. The lowest BCUT2D eigenvalue weighted by atomic mass is 10.0. The van der Waals surface area contributed by atoms with Gasteiger partial charge in [-0.25, -0.2) is 0 Å². The van der Waals surface area contributed by atoms with E-state index in [9.17, 15) is 18.0 Å². The van der Waals surface area contributed by atoms with Crippen molar-refractivity contribution >= 4 is 10.9 Å². The Bertz CT molecular complexity index is 1390. The van der Waals surface area contributed by atoms with Gasteiger partial charge in [-0.05, 0) is 42.8 Å². The van der Waals surface area contributed by atoms with Crippen molar-refractivity contribution in [2.45, 2.75) is 25.7 Å². The number of halogens is 3. The fourth-order valence-corrected chi connectivity index (χ4v) is 4.24. The molecule has 0 saturated heterocycles. The van der Waals surface area contributed by atoms with Crippen molar-refractivity contribution in [1.29, 1.82) is 0 Å². The summed E-state index contributed by atoms with van der Waals surface area (Å²) in [4.78, 5) is 16.2. The third kappa shape index (κ3) is 4.00. The number of nitrogens with zero attached hydrogens (tertiary/aromatic N) is 3. The number of ether oxygens (including phenoxy) is 1. The van der Waals surface area contributed by atoms with E-state index in [0.717, 1.165) is 43.0 Å². The van der Waals surface area contributed by atoms with Crippen LogP contribution in [-0.4, -0.2) is 20.7 Å². The topological polar surface area (TPSA) is 61.1 Å². The molecule has 0 fully saturated rings. The Morgan fingerprint density at radius 3 is 2.73 bits per heavy atom. The average Bonchev–Trinajstić information content (AvgIpc) is 3.09. The lowest BCUT2D eigenvalue weighted by Gasteiger charge is -2.14. The standard InChI is InChI=1S/C24H21F3N4O2/c1-30-20-10-16(3-4-18(20)19-6-8-28-13-21(19)30)31-9-7-17(11-23(31)32)33-14-15-2-5-22(29-12-15)24(25,26)27/h2-5,7,9-12,28H,6,8,13-14H2,1H3. The van der Waals surface area contributed by atoms with Gasteiger partial charge in [-0.1, -0.05) is 12.1 Å². The van der Waals surface area contributed by atoms with E-state index in [1.54, 1.807) is 12.3 Å². The summed E-state index contributed by atoms with van der Waals surface area (Å²) in [5, 5.41) is 4.60. The molecule has 1 N–H and O–H groups in total. The predicted octanol–water partition coefficient (Wildman–Crippen LogP) is 3.97. The number of fused-ring (bicyclic) bond motifs is 3. The first kappa shape index (κ1) is 21.3. The van der Waals surface area contributed by atoms with Gasteiger partial charge in [0.05, 0.1) is 11.2 Å². The third-order valence-corrected chi connectivity index (χ3v) is 5.96. The number of rotatable bonds is 4. The first-order chi connectivity index (χ1) is 15.8. The van der Waals surface area contributed by atoms with Crippen molar-refractivity contribution in [3.63, 3.8) is 0 Å². The highest BCUT2D eigenvalue weighted by atomic mass is 19.4. The molecule has 0 unspecified atom stereocenters. The van der Waals surface area contributed by atoms with Crippen molar-refractivity contribution in [2.24, 2.45) is 7.05 Å². The maximum Gasteiger partial charge on any atom is 0.433 e. The van der Waals surface area contributed by atoms with Crippen molar-refractivity contribution in [2.75, 3.05) is 6.54 Å². The van der Waals surface area contributed by atoms with Crippen LogP contribution in [0.1, 0.15) is 22.5 Å². The number of aromatic nitrogens is 3. The molecule has 5 rings (SSSR count). The van der Waals surface area contributed by atoms with Crippen LogP contribution in [0.3, 0.4) is 0 Å². The molecule has 0 amide bonds. The molecule has 0 atom stereocenters. The predicted molar refractivity (Wildman–Crippen MR) is 117 cm³/mol. The van der Waals surface area contributed by atoms with E-state index < -0.39 is 11.9 Å². The molecule has 9 heteroatoms. The number of hydrogen-bond acceptors (Lipinski definition) is 4. The van der Waals surface area contributed by atoms with Gasteiger partial charge in [-0.2, -0.15) is 13.2 Å². The molecule has 33 heavy (non-hydrogen) atoms. The molecule has 170 valence electrons. The largest absolute Gasteiger partial charge is 0.489 e. The van der Waals surface area contributed by atoms with Crippen LogP contribution in [0.5, 0.6) is 5.75 Å². The normalized spacial score (nSPS) is 13.8. The first-order valence-electron chi connectivity index (χ1n) is 10.5. The molecule has 0 bridgehead atoms. The molecular weight excluding hydrogens is 433 g/mol. The highest BCUT2D eigenvalue weighted by Crippen LogP contribution is 2.29. The minimum absolute atomic E-state index is 0.00346. The molecule has 0 aliphatic carbocycles. The maximum absolute atomic E-state index is 12.8. The van der Waals surface area contributed by atoms with Gasteiger partial charge in [0.2, 0.25) is 0 Å². The van der Waals surface area contributed by atoms with E-state index in [1.807, 2.05) is 19.2 Å². The van der Waals surface area contributed by atoms with Crippen LogP contribution in [-0.2, 0) is 32.8 Å². The highest BCUT2D eigenvalue weighted by Gasteiger charge is 2.32. The number of pyridine rings is 2. The summed E-state index contributed by atoms with van der Waals surface area (Å²) in [6.07, 6.45) is -0.752. The molecule has 3 aromatic heterocycles. The molecule has 6 nitrogen and oxygen atoms in total. The number of alkyl halides is 3. The Morgan fingerprint density at radius 1 is 1.15 bits per heavy atom. The molecular formula is C24H21F3N4O2.